The molecule has 2 aliphatic rings. The van der Waals surface area contributed by atoms with Gasteiger partial charge in [-0.15, -0.1) is 0 Å². The van der Waals surface area contributed by atoms with Gasteiger partial charge in [0.1, 0.15) is 53.8 Å². The van der Waals surface area contributed by atoms with Gasteiger partial charge < -0.3 is 73.6 Å². The van der Waals surface area contributed by atoms with Gasteiger partial charge in [0.2, 0.25) is 53.2 Å². The van der Waals surface area contributed by atoms with Crippen LogP contribution in [-0.2, 0) is 60.8 Å². The molecule has 9 atom stereocenters. The van der Waals surface area contributed by atoms with Gasteiger partial charge in [-0.1, -0.05) is 52.0 Å². The Kier molecular flexibility index (Phi) is 22.1. The van der Waals surface area contributed by atoms with Gasteiger partial charge in [-0.25, -0.2) is 4.79 Å². The number of nitrogens with zero attached hydrogens (tertiary/aromatic N) is 2. The molecule has 2 fully saturated rings. The van der Waals surface area contributed by atoms with Crippen molar-refractivity contribution in [1.29, 1.82) is 0 Å². The molecule has 2 aliphatic heterocycles. The van der Waals surface area contributed by atoms with E-state index in [0.29, 0.717) is 24.0 Å². The number of carboxylic acid groups (broad SMARTS) is 1. The summed E-state index contributed by atoms with van der Waals surface area (Å²) in [6.45, 7) is 7.89. The van der Waals surface area contributed by atoms with Gasteiger partial charge in [-0.3, -0.25) is 43.2 Å². The third kappa shape index (κ3) is 17.7. The predicted octanol–water partition coefficient (Wildman–Crippen LogP) is -1.83. The third-order valence-electron chi connectivity index (χ3n) is 12.6. The number of carbonyl (C=O) groups excluding carboxylic acids is 9. The minimum Gasteiger partial charge on any atom is -0.508 e. The Hall–Kier alpha value is -7.34. The average Bonchev–Trinajstić information content (AvgIpc) is 4.04. The second kappa shape index (κ2) is 27.6. The van der Waals surface area contributed by atoms with Crippen molar-refractivity contribution in [3.05, 3.63) is 59.7 Å². The number of likely N-dealkylation sites (tertiary alicyclic amines) is 2. The lowest BCUT2D eigenvalue weighted by molar-refractivity contribution is -0.143. The molecule has 0 bridgehead atoms. The average molecular weight is 1040 g/mol. The van der Waals surface area contributed by atoms with E-state index in [9.17, 15) is 68.4 Å². The van der Waals surface area contributed by atoms with Gasteiger partial charge in [0, 0.05) is 19.5 Å². The fourth-order valence-electron chi connectivity index (χ4n) is 8.83. The first-order valence-electron chi connectivity index (χ1n) is 24.7. The quantitative estimate of drug-likeness (QED) is 0.0493. The van der Waals surface area contributed by atoms with Crippen LogP contribution in [0.4, 0.5) is 0 Å². The Bertz CT molecular complexity index is 2330. The molecule has 2 aromatic carbocycles. The predicted molar refractivity (Wildman–Crippen MR) is 266 cm³/mol. The number of aliphatic hydroxyl groups excluding tert-OH is 1. The number of primary amides is 1. The molecule has 24 heteroatoms. The van der Waals surface area contributed by atoms with Crippen molar-refractivity contribution in [2.45, 2.75) is 147 Å². The Labute approximate surface area is 429 Å². The highest BCUT2D eigenvalue weighted by Gasteiger charge is 2.40. The van der Waals surface area contributed by atoms with Gasteiger partial charge in [-0.2, -0.15) is 0 Å². The second-order valence-corrected chi connectivity index (χ2v) is 19.7. The van der Waals surface area contributed by atoms with Crippen LogP contribution in [0.25, 0.3) is 0 Å². The van der Waals surface area contributed by atoms with Crippen LogP contribution < -0.4 is 43.4 Å². The van der Waals surface area contributed by atoms with Crippen LogP contribution >= 0.6 is 0 Å². The summed E-state index contributed by atoms with van der Waals surface area (Å²) in [6, 6.07) is 1.69. The smallest absolute Gasteiger partial charge is 0.326 e. The molecule has 4 rings (SSSR count). The topological polar surface area (TPSA) is 382 Å². The lowest BCUT2D eigenvalue weighted by atomic mass is 10.0. The number of nitrogens with two attached hydrogens (primary N) is 2. The fraction of sp³-hybridized carbons (Fsp3) is 0.560. The molecule has 0 aliphatic carbocycles. The molecule has 0 saturated carbocycles. The molecule has 14 N–H and O–H groups in total. The maximum atomic E-state index is 14.2. The molecule has 2 saturated heterocycles. The van der Waals surface area contributed by atoms with Crippen LogP contribution in [0.3, 0.4) is 0 Å². The van der Waals surface area contributed by atoms with Crippen molar-refractivity contribution in [3.63, 3.8) is 0 Å². The van der Waals surface area contributed by atoms with E-state index >= 15 is 0 Å². The monoisotopic (exact) mass is 1040 g/mol. The van der Waals surface area contributed by atoms with Crippen molar-refractivity contribution in [3.8, 4) is 11.5 Å². The third-order valence-corrected chi connectivity index (χ3v) is 12.6. The minimum atomic E-state index is -1.71. The Balaban J connectivity index is 1.43. The van der Waals surface area contributed by atoms with Crippen molar-refractivity contribution >= 4 is 59.1 Å². The van der Waals surface area contributed by atoms with Crippen LogP contribution in [0, 0.1) is 11.8 Å². The molecular formula is C50H72N10O14. The van der Waals surface area contributed by atoms with Crippen LogP contribution in [0.5, 0.6) is 11.5 Å². The van der Waals surface area contributed by atoms with Crippen molar-refractivity contribution in [1.82, 2.24) is 41.7 Å². The maximum Gasteiger partial charge on any atom is 0.326 e. The molecule has 0 aromatic heterocycles. The van der Waals surface area contributed by atoms with E-state index in [4.69, 9.17) is 11.5 Å². The summed E-state index contributed by atoms with van der Waals surface area (Å²) in [5.74, 6) is -9.05. The SMILES string of the molecule is CC(C)C[C@H](NC(=O)[C@@H](NC(=O)[C@H](CC(N)=O)NC(=O)[C@@H]1CCCN1C(=O)CNC(=O)[C@H](CC(C)C)NC(=O)[C@H](Cc1ccc(O)cc1)NC(=O)[C@@H]1CCCN1C(=O)[C@@H](N)Cc1ccc(O)cc1)[C@@H](C)O)C(=O)O. The van der Waals surface area contributed by atoms with E-state index in [0.717, 1.165) is 11.8 Å². The number of nitrogens with one attached hydrogen (secondary N) is 6. The summed E-state index contributed by atoms with van der Waals surface area (Å²) in [6.07, 6.45) is -0.923. The lowest BCUT2D eigenvalue weighted by Crippen LogP contribution is -2.60. The molecule has 0 spiro atoms. The summed E-state index contributed by atoms with van der Waals surface area (Å²) < 4.78 is 0. The molecule has 24 nitrogen and oxygen atoms in total. The highest BCUT2D eigenvalue weighted by atomic mass is 16.4. The number of hydrogen-bond donors (Lipinski definition) is 12. The number of rotatable bonds is 26. The fourth-order valence-corrected chi connectivity index (χ4v) is 8.83. The van der Waals surface area contributed by atoms with Crippen molar-refractivity contribution in [2.24, 2.45) is 23.3 Å². The van der Waals surface area contributed by atoms with E-state index in [2.05, 4.69) is 31.9 Å². The van der Waals surface area contributed by atoms with Crippen molar-refractivity contribution in [2.75, 3.05) is 19.6 Å². The molecule has 9 amide bonds. The molecular weight excluding hydrogens is 965 g/mol. The highest BCUT2D eigenvalue weighted by Crippen LogP contribution is 2.22. The number of phenols is 2. The number of aromatic hydroxyl groups is 2. The van der Waals surface area contributed by atoms with Gasteiger partial charge in [-0.05, 0) is 99.1 Å². The molecule has 406 valence electrons. The van der Waals surface area contributed by atoms with Gasteiger partial charge in [0.25, 0.3) is 0 Å². The zero-order valence-electron chi connectivity index (χ0n) is 42.4. The van der Waals surface area contributed by atoms with Crippen LogP contribution in [0.1, 0.15) is 90.7 Å². The van der Waals surface area contributed by atoms with E-state index in [1.54, 1.807) is 52.0 Å². The van der Waals surface area contributed by atoms with Gasteiger partial charge in [0.15, 0.2) is 0 Å². The first-order chi connectivity index (χ1) is 34.8. The van der Waals surface area contributed by atoms with Crippen LogP contribution in [0.2, 0.25) is 0 Å². The van der Waals surface area contributed by atoms with Crippen LogP contribution in [-0.4, -0.2) is 163 Å². The standard InChI is InChI=1S/C50H72N10O14/c1-26(2)20-34(54-44(67)35(23-30-12-16-32(63)17-13-30)55-47(70)39-9-7-19-60(39)49(72)33(51)22-29-10-14-31(62)15-11-29)43(66)53-25-41(65)59-18-6-8-38(59)46(69)56-36(24-40(52)64)45(68)58-42(28(5)61)48(71)57-37(50(73)74)21-27(3)4/h10-17,26-28,33-39,42,61-63H,6-9,18-25,51H2,1-5H3,(H2,52,64)(H,53,66)(H,54,67)(H,55,70)(H,56,69)(H,57,71)(H,58,68)(H,73,74)/t28-,33+,34+,35+,36+,37+,38+,39+,42+/m1/s1. The Morgan fingerprint density at radius 1 is 0.608 bits per heavy atom. The minimum absolute atomic E-state index is 0.0379. The summed E-state index contributed by atoms with van der Waals surface area (Å²) in [7, 11) is 0. The number of benzene rings is 2. The zero-order valence-corrected chi connectivity index (χ0v) is 42.4. The van der Waals surface area contributed by atoms with Crippen molar-refractivity contribution < 1.29 is 68.4 Å². The van der Waals surface area contributed by atoms with E-state index < -0.39 is 127 Å². The van der Waals surface area contributed by atoms with Crippen LogP contribution in [0.15, 0.2) is 48.5 Å². The lowest BCUT2D eigenvalue weighted by Gasteiger charge is -2.29. The number of carboxylic acids is 1. The molecule has 2 heterocycles. The van der Waals surface area contributed by atoms with Gasteiger partial charge in [0.05, 0.1) is 25.1 Å². The highest BCUT2D eigenvalue weighted by molar-refractivity contribution is 5.99. The number of hydrogen-bond acceptors (Lipinski definition) is 14. The number of carbonyl (C=O) groups is 10. The summed E-state index contributed by atoms with van der Waals surface area (Å²) in [4.78, 5) is 136. The zero-order chi connectivity index (χ0) is 55.0. The first kappa shape index (κ1) is 59.2. The number of phenolic OH excluding ortho intramolecular Hbond substituents is 2. The number of aliphatic hydroxyl groups is 1. The van der Waals surface area contributed by atoms with Gasteiger partial charge >= 0.3 is 5.97 Å². The molecule has 0 radical (unpaired) electrons. The molecule has 74 heavy (non-hydrogen) atoms. The molecule has 2 aromatic rings. The Morgan fingerprint density at radius 3 is 1.59 bits per heavy atom. The number of amides is 9. The summed E-state index contributed by atoms with van der Waals surface area (Å²) in [5.41, 5.74) is 12.9. The summed E-state index contributed by atoms with van der Waals surface area (Å²) >= 11 is 0. The normalized spacial score (nSPS) is 18.2. The number of aliphatic carboxylic acids is 1. The molecule has 0 unspecified atom stereocenters. The largest absolute Gasteiger partial charge is 0.508 e. The van der Waals surface area contributed by atoms with E-state index in [-0.39, 0.29) is 74.9 Å². The Morgan fingerprint density at radius 2 is 1.08 bits per heavy atom. The maximum absolute atomic E-state index is 14.2. The van der Waals surface area contributed by atoms with E-state index in [1.807, 2.05) is 0 Å². The summed E-state index contributed by atoms with van der Waals surface area (Å²) in [5, 5.41) is 54.5. The first-order valence-corrected chi connectivity index (χ1v) is 24.7. The van der Waals surface area contributed by atoms with E-state index in [1.165, 1.54) is 29.2 Å². The second-order valence-electron chi connectivity index (χ2n) is 19.7.